The Labute approximate surface area is 219 Å². The Balaban J connectivity index is 1.85. The van der Waals surface area contributed by atoms with Gasteiger partial charge in [-0.15, -0.1) is 0 Å². The third-order valence-corrected chi connectivity index (χ3v) is 7.70. The van der Waals surface area contributed by atoms with Crippen LogP contribution in [0.1, 0.15) is 49.2 Å². The van der Waals surface area contributed by atoms with E-state index in [1.165, 1.54) is 10.7 Å². The fourth-order valence-electron chi connectivity index (χ4n) is 3.50. The predicted octanol–water partition coefficient (Wildman–Crippen LogP) is 4.50. The quantitative estimate of drug-likeness (QED) is 0.280. The van der Waals surface area contributed by atoms with Gasteiger partial charge < -0.3 is 10.1 Å². The number of benzene rings is 2. The van der Waals surface area contributed by atoms with Gasteiger partial charge in [-0.05, 0) is 57.4 Å². The second-order valence-electron chi connectivity index (χ2n) is 8.84. The molecule has 0 aliphatic heterocycles. The molecule has 1 aliphatic rings. The summed E-state index contributed by atoms with van der Waals surface area (Å²) in [6.45, 7) is 5.11. The molecule has 1 amide bonds. The lowest BCUT2D eigenvalue weighted by Crippen LogP contribution is -2.32. The Morgan fingerprint density at radius 1 is 1.30 bits per heavy atom. The maximum Gasteiger partial charge on any atom is 0.272 e. The molecule has 1 fully saturated rings. The average molecular weight is 548 g/mol. The third kappa shape index (κ3) is 5.92. The predicted molar refractivity (Wildman–Crippen MR) is 137 cm³/mol. The van der Waals surface area contributed by atoms with E-state index in [2.05, 4.69) is 15.1 Å². The number of nitro groups is 1. The van der Waals surface area contributed by atoms with E-state index in [-0.39, 0.29) is 29.3 Å². The number of aromatic nitrogens is 2. The average Bonchev–Trinajstić information content (AvgIpc) is 3.60. The first-order valence-electron chi connectivity index (χ1n) is 11.6. The number of hydrogen-bond acceptors (Lipinski definition) is 7. The maximum absolute atomic E-state index is 13.2. The van der Waals surface area contributed by atoms with E-state index < -0.39 is 31.6 Å². The fourth-order valence-corrected chi connectivity index (χ4v) is 5.16. The number of carbonyl (C=O) groups excluding carboxylic acids is 1. The Kier molecular flexibility index (Phi) is 7.53. The van der Waals surface area contributed by atoms with Gasteiger partial charge in [0.15, 0.2) is 5.69 Å². The SMILES string of the molecule is CCC(C)NS(=O)(=O)c1cc([N+](=O)[O-])ccc1Oc1c(C)c(C(=O)NC2CC2)nn1-c1cccc(Cl)c1. The summed E-state index contributed by atoms with van der Waals surface area (Å²) < 4.78 is 36.3. The van der Waals surface area contributed by atoms with Crippen LogP contribution in [0.4, 0.5) is 5.69 Å². The van der Waals surface area contributed by atoms with Crippen molar-refractivity contribution < 1.29 is 22.9 Å². The maximum atomic E-state index is 13.2. The molecule has 2 N–H and O–H groups in total. The molecule has 1 atom stereocenters. The summed E-state index contributed by atoms with van der Waals surface area (Å²) in [7, 11) is -4.20. The van der Waals surface area contributed by atoms with Gasteiger partial charge in [-0.25, -0.2) is 13.1 Å². The number of hydrogen-bond donors (Lipinski definition) is 2. The number of halogens is 1. The zero-order chi connectivity index (χ0) is 26.9. The van der Waals surface area contributed by atoms with E-state index in [0.717, 1.165) is 25.0 Å². The van der Waals surface area contributed by atoms with E-state index in [9.17, 15) is 23.3 Å². The van der Waals surface area contributed by atoms with E-state index in [4.69, 9.17) is 16.3 Å². The minimum Gasteiger partial charge on any atom is -0.437 e. The number of nitro benzene ring substituents is 1. The molecule has 1 aromatic heterocycles. The lowest BCUT2D eigenvalue weighted by molar-refractivity contribution is -0.385. The highest BCUT2D eigenvalue weighted by molar-refractivity contribution is 7.89. The molecule has 0 radical (unpaired) electrons. The first-order chi connectivity index (χ1) is 17.5. The number of rotatable bonds is 10. The van der Waals surface area contributed by atoms with Crippen molar-refractivity contribution in [3.63, 3.8) is 0 Å². The summed E-state index contributed by atoms with van der Waals surface area (Å²) in [5.41, 5.74) is 0.516. The molecule has 0 spiro atoms. The van der Waals surface area contributed by atoms with Gasteiger partial charge in [-0.1, -0.05) is 24.6 Å². The number of non-ortho nitro benzene ring substituents is 1. The highest BCUT2D eigenvalue weighted by atomic mass is 35.5. The van der Waals surface area contributed by atoms with Gasteiger partial charge in [0, 0.05) is 34.8 Å². The Bertz CT molecular complexity index is 1470. The molecule has 13 heteroatoms. The highest BCUT2D eigenvalue weighted by Crippen LogP contribution is 2.36. The van der Waals surface area contributed by atoms with Crippen LogP contribution in [0.5, 0.6) is 11.6 Å². The van der Waals surface area contributed by atoms with Crippen molar-refractivity contribution in [3.05, 3.63) is 68.9 Å². The van der Waals surface area contributed by atoms with Gasteiger partial charge in [0.1, 0.15) is 10.6 Å². The van der Waals surface area contributed by atoms with E-state index in [1.54, 1.807) is 45.0 Å². The summed E-state index contributed by atoms with van der Waals surface area (Å²) in [5.74, 6) is -0.487. The summed E-state index contributed by atoms with van der Waals surface area (Å²) in [6, 6.07) is 9.64. The number of amides is 1. The first-order valence-corrected chi connectivity index (χ1v) is 13.5. The molecule has 1 heterocycles. The molecule has 4 rings (SSSR count). The summed E-state index contributed by atoms with van der Waals surface area (Å²) in [6.07, 6.45) is 2.27. The smallest absolute Gasteiger partial charge is 0.272 e. The van der Waals surface area contributed by atoms with Crippen molar-refractivity contribution in [3.8, 4) is 17.3 Å². The zero-order valence-electron chi connectivity index (χ0n) is 20.4. The van der Waals surface area contributed by atoms with Gasteiger partial charge in [-0.2, -0.15) is 9.78 Å². The van der Waals surface area contributed by atoms with Crippen LogP contribution < -0.4 is 14.8 Å². The molecule has 3 aromatic rings. The van der Waals surface area contributed by atoms with E-state index in [1.807, 2.05) is 0 Å². The number of carbonyl (C=O) groups is 1. The van der Waals surface area contributed by atoms with Gasteiger partial charge in [-0.3, -0.25) is 14.9 Å². The van der Waals surface area contributed by atoms with Crippen molar-refractivity contribution in [1.82, 2.24) is 19.8 Å². The van der Waals surface area contributed by atoms with Crippen LogP contribution in [0.15, 0.2) is 47.4 Å². The van der Waals surface area contributed by atoms with Crippen molar-refractivity contribution in [2.75, 3.05) is 0 Å². The topological polar surface area (TPSA) is 145 Å². The van der Waals surface area contributed by atoms with Gasteiger partial charge >= 0.3 is 0 Å². The van der Waals surface area contributed by atoms with E-state index in [0.29, 0.717) is 22.7 Å². The molecule has 37 heavy (non-hydrogen) atoms. The van der Waals surface area contributed by atoms with Crippen LogP contribution in [-0.4, -0.2) is 41.1 Å². The molecule has 11 nitrogen and oxygen atoms in total. The molecule has 2 aromatic carbocycles. The monoisotopic (exact) mass is 547 g/mol. The van der Waals surface area contributed by atoms with Crippen LogP contribution in [0.3, 0.4) is 0 Å². The number of ether oxygens (including phenoxy) is 1. The first kappa shape index (κ1) is 26.6. The summed E-state index contributed by atoms with van der Waals surface area (Å²) in [4.78, 5) is 23.2. The minimum atomic E-state index is -4.20. The zero-order valence-corrected chi connectivity index (χ0v) is 22.0. The van der Waals surface area contributed by atoms with Crippen LogP contribution in [-0.2, 0) is 10.0 Å². The molecular formula is C24H26ClN5O6S. The minimum absolute atomic E-state index is 0.0667. The fraction of sp³-hybridized carbons (Fsp3) is 0.333. The van der Waals surface area contributed by atoms with Crippen LogP contribution in [0.25, 0.3) is 5.69 Å². The van der Waals surface area contributed by atoms with Crippen molar-refractivity contribution in [2.45, 2.75) is 57.0 Å². The largest absolute Gasteiger partial charge is 0.437 e. The molecular weight excluding hydrogens is 522 g/mol. The molecule has 0 saturated heterocycles. The van der Waals surface area contributed by atoms with Gasteiger partial charge in [0.05, 0.1) is 10.6 Å². The molecule has 1 aliphatic carbocycles. The van der Waals surface area contributed by atoms with Crippen molar-refractivity contribution in [1.29, 1.82) is 0 Å². The lowest BCUT2D eigenvalue weighted by Gasteiger charge is -2.16. The number of nitrogens with one attached hydrogen (secondary N) is 2. The Morgan fingerprint density at radius 3 is 2.65 bits per heavy atom. The lowest BCUT2D eigenvalue weighted by atomic mass is 10.2. The number of sulfonamides is 1. The standard InChI is InChI=1S/C24H26ClN5O6S/c1-4-14(2)28-37(34,35)21-13-19(30(32)33)10-11-20(21)36-24-15(3)22(23(31)26-17-8-9-17)27-29(24)18-7-5-6-16(25)12-18/h5-7,10-14,17,28H,4,8-9H2,1-3H3,(H,26,31). The molecule has 0 bridgehead atoms. The Morgan fingerprint density at radius 2 is 2.03 bits per heavy atom. The molecule has 1 saturated carbocycles. The highest BCUT2D eigenvalue weighted by Gasteiger charge is 2.30. The normalized spacial score (nSPS) is 14.3. The summed E-state index contributed by atoms with van der Waals surface area (Å²) in [5, 5.41) is 19.1. The van der Waals surface area contributed by atoms with Gasteiger partial charge in [0.2, 0.25) is 15.9 Å². The van der Waals surface area contributed by atoms with Crippen molar-refractivity contribution >= 4 is 33.2 Å². The summed E-state index contributed by atoms with van der Waals surface area (Å²) >= 11 is 6.18. The van der Waals surface area contributed by atoms with Gasteiger partial charge in [0.25, 0.3) is 11.6 Å². The van der Waals surface area contributed by atoms with Crippen LogP contribution >= 0.6 is 11.6 Å². The molecule has 196 valence electrons. The van der Waals surface area contributed by atoms with E-state index >= 15 is 0 Å². The third-order valence-electron chi connectivity index (χ3n) is 5.85. The Hall–Kier alpha value is -3.48. The number of nitrogens with zero attached hydrogens (tertiary/aromatic N) is 3. The molecule has 1 unspecified atom stereocenters. The second kappa shape index (κ2) is 10.5. The van der Waals surface area contributed by atoms with Crippen LogP contribution in [0.2, 0.25) is 5.02 Å². The van der Waals surface area contributed by atoms with Crippen LogP contribution in [0, 0.1) is 17.0 Å². The van der Waals surface area contributed by atoms with Crippen molar-refractivity contribution in [2.24, 2.45) is 0 Å². The second-order valence-corrected chi connectivity index (χ2v) is 11.0.